The third-order valence-corrected chi connectivity index (χ3v) is 5.08. The normalized spacial score (nSPS) is 14.8. The maximum atomic E-state index is 13.0. The van der Waals surface area contributed by atoms with Gasteiger partial charge in [0.1, 0.15) is 23.3 Å². The number of ether oxygens (including phenoxy) is 1. The Morgan fingerprint density at radius 2 is 1.90 bits per heavy atom. The molecule has 1 amide bonds. The van der Waals surface area contributed by atoms with Crippen LogP contribution in [0.1, 0.15) is 29.7 Å². The number of hydrogen-bond donors (Lipinski definition) is 1. The molecule has 0 bridgehead atoms. The van der Waals surface area contributed by atoms with Crippen molar-refractivity contribution in [3.8, 4) is 11.8 Å². The molecule has 1 fully saturated rings. The monoisotopic (exact) mass is 418 g/mol. The zero-order chi connectivity index (χ0) is 21.7. The molecule has 30 heavy (non-hydrogen) atoms. The maximum Gasteiger partial charge on any atom is 0.433 e. The lowest BCUT2D eigenvalue weighted by Crippen LogP contribution is -2.41. The molecule has 2 aromatic rings. The van der Waals surface area contributed by atoms with Gasteiger partial charge >= 0.3 is 6.18 Å². The average molecular weight is 418 g/mol. The number of amides is 1. The van der Waals surface area contributed by atoms with E-state index in [-0.39, 0.29) is 23.2 Å². The van der Waals surface area contributed by atoms with Crippen molar-refractivity contribution in [3.63, 3.8) is 0 Å². The van der Waals surface area contributed by atoms with Gasteiger partial charge in [0, 0.05) is 25.6 Å². The van der Waals surface area contributed by atoms with Crippen LogP contribution in [-0.2, 0) is 17.5 Å². The zero-order valence-corrected chi connectivity index (χ0v) is 16.4. The van der Waals surface area contributed by atoms with Crippen molar-refractivity contribution in [1.82, 2.24) is 10.3 Å². The van der Waals surface area contributed by atoms with Gasteiger partial charge in [0.2, 0.25) is 5.91 Å². The Hall–Kier alpha value is -3.28. The van der Waals surface area contributed by atoms with E-state index in [9.17, 15) is 23.2 Å². The second-order valence-electron chi connectivity index (χ2n) is 7.00. The topological polar surface area (TPSA) is 78.2 Å². The van der Waals surface area contributed by atoms with Gasteiger partial charge in [0.05, 0.1) is 12.7 Å². The number of pyridine rings is 1. The first-order valence-corrected chi connectivity index (χ1v) is 9.45. The molecule has 1 aliphatic rings. The number of rotatable bonds is 5. The molecule has 0 unspecified atom stereocenters. The highest BCUT2D eigenvalue weighted by Gasteiger charge is 2.34. The van der Waals surface area contributed by atoms with Gasteiger partial charge in [-0.15, -0.1) is 0 Å². The van der Waals surface area contributed by atoms with E-state index in [0.29, 0.717) is 32.5 Å². The van der Waals surface area contributed by atoms with Gasteiger partial charge in [0.25, 0.3) is 0 Å². The summed E-state index contributed by atoms with van der Waals surface area (Å²) in [6.45, 7) is 1.09. The molecule has 1 N–H and O–H groups in total. The molecule has 0 radical (unpaired) electrons. The fourth-order valence-corrected chi connectivity index (χ4v) is 3.36. The Kier molecular flexibility index (Phi) is 6.45. The summed E-state index contributed by atoms with van der Waals surface area (Å²) < 4.78 is 44.0. The van der Waals surface area contributed by atoms with Gasteiger partial charge in [-0.3, -0.25) is 4.79 Å². The predicted octanol–water partition coefficient (Wildman–Crippen LogP) is 3.51. The number of benzene rings is 1. The van der Waals surface area contributed by atoms with E-state index in [1.807, 2.05) is 30.3 Å². The highest BCUT2D eigenvalue weighted by Crippen LogP contribution is 2.32. The Balaban J connectivity index is 1.59. The lowest BCUT2D eigenvalue weighted by Gasteiger charge is -2.32. The quantitative estimate of drug-likeness (QED) is 0.804. The number of piperidine rings is 1. The van der Waals surface area contributed by atoms with Gasteiger partial charge in [0.15, 0.2) is 0 Å². The molecule has 0 atom stereocenters. The van der Waals surface area contributed by atoms with Crippen LogP contribution in [0.2, 0.25) is 0 Å². The number of carbonyl (C=O) groups is 1. The van der Waals surface area contributed by atoms with Crippen LogP contribution in [-0.4, -0.2) is 31.1 Å². The third-order valence-electron chi connectivity index (χ3n) is 5.08. The number of carbonyl (C=O) groups excluding carboxylic acids is 1. The number of anilines is 1. The zero-order valence-electron chi connectivity index (χ0n) is 16.4. The first-order valence-electron chi connectivity index (χ1n) is 9.45. The van der Waals surface area contributed by atoms with Crippen LogP contribution in [0, 0.1) is 17.2 Å². The van der Waals surface area contributed by atoms with Gasteiger partial charge in [-0.05, 0) is 42.7 Å². The molecule has 1 aromatic heterocycles. The lowest BCUT2D eigenvalue weighted by molar-refractivity contribution is -0.141. The predicted molar refractivity (Wildman–Crippen MR) is 104 cm³/mol. The summed E-state index contributed by atoms with van der Waals surface area (Å²) in [5, 5.41) is 12.1. The van der Waals surface area contributed by atoms with Crippen LogP contribution in [0.4, 0.5) is 19.0 Å². The summed E-state index contributed by atoms with van der Waals surface area (Å²) in [6, 6.07) is 11.2. The summed E-state index contributed by atoms with van der Waals surface area (Å²) in [5.74, 6) is 0.417. The van der Waals surface area contributed by atoms with Crippen molar-refractivity contribution >= 4 is 11.7 Å². The number of alkyl halides is 3. The molecule has 1 aliphatic heterocycles. The summed E-state index contributed by atoms with van der Waals surface area (Å²) in [7, 11) is 1.58. The second kappa shape index (κ2) is 9.03. The average Bonchev–Trinajstić information content (AvgIpc) is 2.76. The van der Waals surface area contributed by atoms with Crippen LogP contribution >= 0.6 is 0 Å². The Morgan fingerprint density at radius 3 is 2.47 bits per heavy atom. The molecular weight excluding hydrogens is 397 g/mol. The molecule has 9 heteroatoms. The van der Waals surface area contributed by atoms with E-state index in [1.54, 1.807) is 12.0 Å². The van der Waals surface area contributed by atoms with Gasteiger partial charge < -0.3 is 15.0 Å². The van der Waals surface area contributed by atoms with Crippen molar-refractivity contribution in [2.75, 3.05) is 25.1 Å². The Labute approximate surface area is 172 Å². The minimum Gasteiger partial charge on any atom is -0.497 e. The van der Waals surface area contributed by atoms with E-state index in [4.69, 9.17) is 4.74 Å². The largest absolute Gasteiger partial charge is 0.497 e. The standard InChI is InChI=1S/C21H21F3N4O2/c1-30-17-5-2-14(3-6-17)13-26-20(29)15-8-10-28(11-9-15)19-16(12-25)4-7-18(27-19)21(22,23)24/h2-7,15H,8-11,13H2,1H3,(H,26,29). The van der Waals surface area contributed by atoms with Crippen LogP contribution in [0.15, 0.2) is 36.4 Å². The van der Waals surface area contributed by atoms with Crippen molar-refractivity contribution in [3.05, 3.63) is 53.2 Å². The number of methoxy groups -OCH3 is 1. The molecular formula is C21H21F3N4O2. The van der Waals surface area contributed by atoms with Crippen molar-refractivity contribution < 1.29 is 22.7 Å². The fourth-order valence-electron chi connectivity index (χ4n) is 3.36. The van der Waals surface area contributed by atoms with Crippen LogP contribution in [0.25, 0.3) is 0 Å². The van der Waals surface area contributed by atoms with E-state index in [0.717, 1.165) is 23.4 Å². The summed E-state index contributed by atoms with van der Waals surface area (Å²) >= 11 is 0. The number of hydrogen-bond acceptors (Lipinski definition) is 5. The van der Waals surface area contributed by atoms with E-state index < -0.39 is 11.9 Å². The summed E-state index contributed by atoms with van der Waals surface area (Å²) in [6.07, 6.45) is -3.64. The minimum absolute atomic E-state index is 0.0180. The SMILES string of the molecule is COc1ccc(CNC(=O)C2CCN(c3nc(C(F)(F)F)ccc3C#N)CC2)cc1. The molecule has 0 spiro atoms. The molecule has 158 valence electrons. The minimum atomic E-state index is -4.58. The number of aromatic nitrogens is 1. The van der Waals surface area contributed by atoms with Crippen molar-refractivity contribution in [2.24, 2.45) is 5.92 Å². The molecule has 1 saturated heterocycles. The number of nitriles is 1. The second-order valence-corrected chi connectivity index (χ2v) is 7.00. The van der Waals surface area contributed by atoms with Gasteiger partial charge in [-0.1, -0.05) is 12.1 Å². The molecule has 2 heterocycles. The number of nitrogens with zero attached hydrogens (tertiary/aromatic N) is 3. The van der Waals surface area contributed by atoms with Crippen LogP contribution in [0.3, 0.4) is 0 Å². The van der Waals surface area contributed by atoms with Crippen LogP contribution in [0.5, 0.6) is 5.75 Å². The third kappa shape index (κ3) is 5.00. The first kappa shape index (κ1) is 21.4. The van der Waals surface area contributed by atoms with E-state index in [1.165, 1.54) is 0 Å². The van der Waals surface area contributed by atoms with E-state index >= 15 is 0 Å². The summed E-state index contributed by atoms with van der Waals surface area (Å²) in [4.78, 5) is 17.8. The van der Waals surface area contributed by atoms with Crippen LogP contribution < -0.4 is 15.0 Å². The Morgan fingerprint density at radius 1 is 1.23 bits per heavy atom. The van der Waals surface area contributed by atoms with Gasteiger partial charge in [-0.2, -0.15) is 18.4 Å². The lowest BCUT2D eigenvalue weighted by atomic mass is 9.95. The maximum absolute atomic E-state index is 13.0. The fraction of sp³-hybridized carbons (Fsp3) is 0.381. The highest BCUT2D eigenvalue weighted by molar-refractivity contribution is 5.79. The first-order chi connectivity index (χ1) is 14.3. The number of nitrogens with one attached hydrogen (secondary N) is 1. The molecule has 0 saturated carbocycles. The molecule has 6 nitrogen and oxygen atoms in total. The molecule has 3 rings (SSSR count). The van der Waals surface area contributed by atoms with Crippen molar-refractivity contribution in [2.45, 2.75) is 25.6 Å². The van der Waals surface area contributed by atoms with E-state index in [2.05, 4.69) is 10.3 Å². The number of halogens is 3. The van der Waals surface area contributed by atoms with Gasteiger partial charge in [-0.25, -0.2) is 4.98 Å². The smallest absolute Gasteiger partial charge is 0.433 e. The summed E-state index contributed by atoms with van der Waals surface area (Å²) in [5.41, 5.74) is -0.00493. The van der Waals surface area contributed by atoms with Crippen molar-refractivity contribution in [1.29, 1.82) is 5.26 Å². The molecule has 0 aliphatic carbocycles. The Bertz CT molecular complexity index is 931. The highest BCUT2D eigenvalue weighted by atomic mass is 19.4. The molecule has 1 aromatic carbocycles.